The molecule has 1 saturated heterocycles. The number of hydrogen-bond acceptors (Lipinski definition) is 9. The Balaban J connectivity index is 1.42. The second-order valence-electron chi connectivity index (χ2n) is 12.9. The van der Waals surface area contributed by atoms with Crippen LogP contribution in [0.4, 0.5) is 5.69 Å². The first-order valence-electron chi connectivity index (χ1n) is 15.8. The van der Waals surface area contributed by atoms with Gasteiger partial charge in [-0.05, 0) is 60.8 Å². The molecule has 9 nitrogen and oxygen atoms in total. The number of methoxy groups -OCH3 is 2. The van der Waals surface area contributed by atoms with E-state index in [0.29, 0.717) is 24.3 Å². The fraction of sp³-hybridized carbons (Fsp3) is 0.405. The van der Waals surface area contributed by atoms with Crippen LogP contribution in [0.5, 0.6) is 17.2 Å². The molecule has 4 aliphatic rings. The number of esters is 2. The van der Waals surface area contributed by atoms with E-state index in [1.54, 1.807) is 7.11 Å². The molecule has 9 heteroatoms. The minimum absolute atomic E-state index is 0.152. The average Bonchev–Trinajstić information content (AvgIpc) is 3.58. The Labute approximate surface area is 269 Å². The van der Waals surface area contributed by atoms with Gasteiger partial charge in [-0.3, -0.25) is 9.69 Å². The number of hydrogen-bond donors (Lipinski definition) is 1. The number of likely N-dealkylation sites (N-methyl/N-ethyl adjacent to an activating group) is 1. The molecule has 240 valence electrons. The van der Waals surface area contributed by atoms with Gasteiger partial charge in [-0.2, -0.15) is 0 Å². The zero-order chi connectivity index (χ0) is 32.4. The molecule has 0 bridgehead atoms. The number of benzene rings is 3. The molecule has 3 aliphatic heterocycles. The van der Waals surface area contributed by atoms with Crippen LogP contribution >= 0.6 is 0 Å². The van der Waals surface area contributed by atoms with Crippen molar-refractivity contribution in [2.45, 2.75) is 55.9 Å². The van der Waals surface area contributed by atoms with E-state index in [1.165, 1.54) is 14.0 Å². The molecule has 1 aliphatic carbocycles. The predicted molar refractivity (Wildman–Crippen MR) is 173 cm³/mol. The minimum Gasteiger partial charge on any atom is -0.496 e. The first-order chi connectivity index (χ1) is 22.1. The van der Waals surface area contributed by atoms with Crippen molar-refractivity contribution in [3.8, 4) is 28.4 Å². The fourth-order valence-corrected chi connectivity index (χ4v) is 9.31. The highest BCUT2D eigenvalue weighted by Gasteiger charge is 2.80. The lowest BCUT2D eigenvalue weighted by atomic mass is 9.47. The molecule has 3 aromatic rings. The van der Waals surface area contributed by atoms with E-state index in [0.717, 1.165) is 41.2 Å². The summed E-state index contributed by atoms with van der Waals surface area (Å²) in [7, 11) is 4.81. The first-order valence-corrected chi connectivity index (χ1v) is 15.8. The van der Waals surface area contributed by atoms with E-state index in [9.17, 15) is 14.7 Å². The summed E-state index contributed by atoms with van der Waals surface area (Å²) in [6.07, 6.45) is 4.23. The Morgan fingerprint density at radius 3 is 2.37 bits per heavy atom. The summed E-state index contributed by atoms with van der Waals surface area (Å²) in [5.41, 5.74) is 0.0284. The third-order valence-corrected chi connectivity index (χ3v) is 10.9. The molecule has 2 fully saturated rings. The van der Waals surface area contributed by atoms with Crippen LogP contribution in [0.3, 0.4) is 0 Å². The number of carbonyl (C=O) groups excluding carboxylic acids is 2. The van der Waals surface area contributed by atoms with Gasteiger partial charge in [0, 0.05) is 54.7 Å². The van der Waals surface area contributed by atoms with Crippen LogP contribution in [0.1, 0.15) is 32.3 Å². The van der Waals surface area contributed by atoms with Crippen LogP contribution < -0.4 is 14.4 Å². The average molecular weight is 625 g/mol. The van der Waals surface area contributed by atoms with Crippen LogP contribution in [-0.4, -0.2) is 80.1 Å². The van der Waals surface area contributed by atoms with Gasteiger partial charge in [0.05, 0.1) is 20.3 Å². The van der Waals surface area contributed by atoms with E-state index in [-0.39, 0.29) is 6.04 Å². The molecular weight excluding hydrogens is 584 g/mol. The van der Waals surface area contributed by atoms with Crippen LogP contribution in [0.2, 0.25) is 0 Å². The number of aliphatic hydroxyl groups is 1. The Morgan fingerprint density at radius 2 is 1.72 bits per heavy atom. The molecule has 46 heavy (non-hydrogen) atoms. The summed E-state index contributed by atoms with van der Waals surface area (Å²) >= 11 is 0. The standard InChI is InChI=1S/C37H40N2O7/c1-6-35-17-10-19-39-20-18-36(31(35)39)28-21-27(24-13-15-26(16-14-24)46-25-11-8-7-9-12-25)30(43-4)22-29(28)38(3)32(36)37(42,34(41)44-5)33(35)45-23(2)40/h7-17,21-22,31-33,42H,6,18-20H2,1-5H3/t31-,32+,33+,35+,36+,37-/m0/s1. The van der Waals surface area contributed by atoms with Gasteiger partial charge in [-0.1, -0.05) is 49.4 Å². The molecule has 1 N–H and O–H groups in total. The number of para-hydroxylation sites is 1. The fourth-order valence-electron chi connectivity index (χ4n) is 9.31. The van der Waals surface area contributed by atoms with Gasteiger partial charge >= 0.3 is 11.9 Å². The molecule has 0 unspecified atom stereocenters. The molecule has 0 radical (unpaired) electrons. The maximum atomic E-state index is 13.9. The number of ether oxygens (including phenoxy) is 4. The number of anilines is 1. The normalized spacial score (nSPS) is 30.7. The van der Waals surface area contributed by atoms with Gasteiger partial charge in [0.25, 0.3) is 0 Å². The van der Waals surface area contributed by atoms with E-state index in [4.69, 9.17) is 18.9 Å². The van der Waals surface area contributed by atoms with Gasteiger partial charge in [0.15, 0.2) is 6.10 Å². The van der Waals surface area contributed by atoms with Crippen molar-refractivity contribution in [3.05, 3.63) is 84.4 Å². The molecule has 3 heterocycles. The highest BCUT2D eigenvalue weighted by atomic mass is 16.6. The lowest BCUT2D eigenvalue weighted by molar-refractivity contribution is -0.228. The van der Waals surface area contributed by atoms with Gasteiger partial charge in [0.1, 0.15) is 17.2 Å². The largest absolute Gasteiger partial charge is 0.496 e. The molecular formula is C37H40N2O7. The van der Waals surface area contributed by atoms with E-state index < -0.39 is 40.5 Å². The zero-order valence-corrected chi connectivity index (χ0v) is 26.9. The molecule has 3 aromatic carbocycles. The quantitative estimate of drug-likeness (QED) is 0.285. The maximum absolute atomic E-state index is 13.9. The highest BCUT2D eigenvalue weighted by molar-refractivity contribution is 5.88. The maximum Gasteiger partial charge on any atom is 0.344 e. The van der Waals surface area contributed by atoms with Crippen LogP contribution in [0, 0.1) is 5.41 Å². The van der Waals surface area contributed by atoms with E-state index in [1.807, 2.05) is 79.5 Å². The van der Waals surface area contributed by atoms with Crippen molar-refractivity contribution >= 4 is 17.6 Å². The smallest absolute Gasteiger partial charge is 0.344 e. The summed E-state index contributed by atoms with van der Waals surface area (Å²) in [5, 5.41) is 12.9. The summed E-state index contributed by atoms with van der Waals surface area (Å²) in [4.78, 5) is 31.0. The Kier molecular flexibility index (Phi) is 7.17. The third-order valence-electron chi connectivity index (χ3n) is 10.9. The lowest BCUT2D eigenvalue weighted by Gasteiger charge is -2.63. The molecule has 1 saturated carbocycles. The van der Waals surface area contributed by atoms with E-state index in [2.05, 4.69) is 23.1 Å². The van der Waals surface area contributed by atoms with Crippen molar-refractivity contribution in [3.63, 3.8) is 0 Å². The first kappa shape index (κ1) is 30.3. The van der Waals surface area contributed by atoms with Crippen LogP contribution in [0.25, 0.3) is 11.1 Å². The summed E-state index contributed by atoms with van der Waals surface area (Å²) in [5.74, 6) is 0.766. The number of carbonyl (C=O) groups is 2. The second-order valence-corrected chi connectivity index (χ2v) is 12.9. The predicted octanol–water partition coefficient (Wildman–Crippen LogP) is 5.10. The Morgan fingerprint density at radius 1 is 1.00 bits per heavy atom. The van der Waals surface area contributed by atoms with Gasteiger partial charge < -0.3 is 29.0 Å². The van der Waals surface area contributed by atoms with Gasteiger partial charge in [-0.15, -0.1) is 0 Å². The SMILES string of the molecule is CC[C@]12C=CCN3CC[C@@]4(c5cc(-c6ccc(Oc7ccccc7)cc6)c(OC)cc5N(C)[C@H]4[C@@](O)(C(=O)OC)[C@@H]1OC(C)=O)[C@@H]32. The molecule has 0 aromatic heterocycles. The number of rotatable bonds is 7. The Bertz CT molecular complexity index is 1710. The molecule has 7 rings (SSSR count). The van der Waals surface area contributed by atoms with E-state index >= 15 is 0 Å². The topological polar surface area (TPSA) is 97.8 Å². The number of fused-ring (bicyclic) bond motifs is 1. The monoisotopic (exact) mass is 624 g/mol. The molecule has 0 amide bonds. The molecule has 1 spiro atoms. The third kappa shape index (κ3) is 4.00. The van der Waals surface area contributed by atoms with Gasteiger partial charge in [-0.25, -0.2) is 4.79 Å². The van der Waals surface area contributed by atoms with Gasteiger partial charge in [0.2, 0.25) is 5.60 Å². The summed E-state index contributed by atoms with van der Waals surface area (Å²) in [6, 6.07) is 20.8. The molecule has 6 atom stereocenters. The number of nitrogens with zero attached hydrogens (tertiary/aromatic N) is 2. The highest BCUT2D eigenvalue weighted by Crippen LogP contribution is 2.67. The van der Waals surface area contributed by atoms with Crippen LogP contribution in [0.15, 0.2) is 78.9 Å². The van der Waals surface area contributed by atoms with Crippen molar-refractivity contribution in [2.75, 3.05) is 39.3 Å². The zero-order valence-electron chi connectivity index (χ0n) is 26.9. The summed E-state index contributed by atoms with van der Waals surface area (Å²) < 4.78 is 23.4. The van der Waals surface area contributed by atoms with Crippen molar-refractivity contribution in [1.29, 1.82) is 0 Å². The lowest BCUT2D eigenvalue weighted by Crippen LogP contribution is -2.81. The van der Waals surface area contributed by atoms with Crippen LogP contribution in [-0.2, 0) is 24.5 Å². The second kappa shape index (κ2) is 10.9. The van der Waals surface area contributed by atoms with Crippen molar-refractivity contribution in [2.24, 2.45) is 5.41 Å². The van der Waals surface area contributed by atoms with Crippen molar-refractivity contribution in [1.82, 2.24) is 4.90 Å². The Hall–Kier alpha value is -4.34. The summed E-state index contributed by atoms with van der Waals surface area (Å²) in [6.45, 7) is 4.85. The van der Waals surface area contributed by atoms with Crippen molar-refractivity contribution < 1.29 is 33.6 Å². The minimum atomic E-state index is -2.16.